The van der Waals surface area contributed by atoms with E-state index in [1.165, 1.54) is 18.2 Å². The van der Waals surface area contributed by atoms with Crippen LogP contribution in [0, 0.1) is 0 Å². The lowest BCUT2D eigenvalue weighted by Crippen LogP contribution is -2.27. The molecule has 1 atom stereocenters. The number of nitrogens with one attached hydrogen (secondary N) is 1. The number of oxime groups is 1. The highest BCUT2D eigenvalue weighted by molar-refractivity contribution is 5.95. The van der Waals surface area contributed by atoms with Gasteiger partial charge in [0.25, 0.3) is 5.91 Å². The maximum atomic E-state index is 12.4. The van der Waals surface area contributed by atoms with E-state index in [0.717, 1.165) is 18.4 Å². The van der Waals surface area contributed by atoms with Crippen LogP contribution in [0.4, 0.5) is 0 Å². The molecule has 0 fully saturated rings. The zero-order chi connectivity index (χ0) is 15.4. The molecule has 112 valence electrons. The molecule has 0 spiro atoms. The Kier molecular flexibility index (Phi) is 4.19. The van der Waals surface area contributed by atoms with Gasteiger partial charge in [-0.25, -0.2) is 0 Å². The van der Waals surface area contributed by atoms with Gasteiger partial charge in [0.2, 0.25) is 0 Å². The molecule has 2 aromatic carbocycles. The summed E-state index contributed by atoms with van der Waals surface area (Å²) >= 11 is 0. The first-order valence-corrected chi connectivity index (χ1v) is 7.33. The first-order chi connectivity index (χ1) is 10.8. The molecule has 2 aromatic rings. The zero-order valence-electron chi connectivity index (χ0n) is 12.5. The summed E-state index contributed by atoms with van der Waals surface area (Å²) in [5.74, 6) is -0.0445. The van der Waals surface area contributed by atoms with Crippen molar-refractivity contribution in [1.82, 2.24) is 5.32 Å². The van der Waals surface area contributed by atoms with Gasteiger partial charge in [-0.1, -0.05) is 41.6 Å². The van der Waals surface area contributed by atoms with Crippen molar-refractivity contribution >= 4 is 12.1 Å². The molecular weight excluding hydrogens is 276 g/mol. The minimum absolute atomic E-state index is 0.0445. The second kappa shape index (κ2) is 6.43. The lowest BCUT2D eigenvalue weighted by atomic mass is 10.1. The molecular formula is C18H18N2O2. The second-order valence-corrected chi connectivity index (χ2v) is 5.30. The summed E-state index contributed by atoms with van der Waals surface area (Å²) in [5, 5.41) is 6.82. The first-order valence-electron chi connectivity index (χ1n) is 7.33. The third kappa shape index (κ3) is 3.01. The topological polar surface area (TPSA) is 50.7 Å². The van der Waals surface area contributed by atoms with Crippen molar-refractivity contribution in [2.24, 2.45) is 5.16 Å². The average Bonchev–Trinajstić information content (AvgIpc) is 2.96. The number of fused-ring (bicyclic) bond motifs is 1. The number of carbonyl (C=O) groups excluding carboxylic acids is 1. The predicted octanol–water partition coefficient (Wildman–Crippen LogP) is 3.08. The summed E-state index contributed by atoms with van der Waals surface area (Å²) in [7, 11) is 1.50. The van der Waals surface area contributed by atoms with Crippen molar-refractivity contribution < 1.29 is 9.63 Å². The Morgan fingerprint density at radius 2 is 2.00 bits per heavy atom. The number of amides is 1. The molecule has 1 N–H and O–H groups in total. The fraction of sp³-hybridized carbons (Fsp3) is 0.222. The first kappa shape index (κ1) is 14.3. The highest BCUT2D eigenvalue weighted by atomic mass is 16.6. The Morgan fingerprint density at radius 3 is 2.77 bits per heavy atom. The van der Waals surface area contributed by atoms with Crippen LogP contribution in [-0.4, -0.2) is 19.2 Å². The number of hydrogen-bond acceptors (Lipinski definition) is 3. The summed E-state index contributed by atoms with van der Waals surface area (Å²) in [6.07, 6.45) is 3.59. The van der Waals surface area contributed by atoms with Crippen molar-refractivity contribution in [2.45, 2.75) is 18.9 Å². The van der Waals surface area contributed by atoms with E-state index in [1.54, 1.807) is 18.3 Å². The van der Waals surface area contributed by atoms with E-state index in [1.807, 2.05) is 24.3 Å². The van der Waals surface area contributed by atoms with Crippen molar-refractivity contribution in [3.05, 3.63) is 70.8 Å². The third-order valence-corrected chi connectivity index (χ3v) is 3.92. The van der Waals surface area contributed by atoms with Gasteiger partial charge in [-0.3, -0.25) is 4.79 Å². The van der Waals surface area contributed by atoms with E-state index in [4.69, 9.17) is 0 Å². The summed E-state index contributed by atoms with van der Waals surface area (Å²) in [5.41, 5.74) is 4.11. The molecule has 22 heavy (non-hydrogen) atoms. The van der Waals surface area contributed by atoms with E-state index >= 15 is 0 Å². The number of benzene rings is 2. The van der Waals surface area contributed by atoms with Gasteiger partial charge < -0.3 is 10.2 Å². The molecule has 0 heterocycles. The Hall–Kier alpha value is -2.62. The van der Waals surface area contributed by atoms with Crippen LogP contribution in [0.3, 0.4) is 0 Å². The van der Waals surface area contributed by atoms with Gasteiger partial charge in [0.15, 0.2) is 0 Å². The Labute approximate surface area is 129 Å². The quantitative estimate of drug-likeness (QED) is 0.696. The van der Waals surface area contributed by atoms with Gasteiger partial charge in [0.1, 0.15) is 7.11 Å². The van der Waals surface area contributed by atoms with Crippen LogP contribution in [-0.2, 0) is 11.3 Å². The van der Waals surface area contributed by atoms with E-state index in [0.29, 0.717) is 5.56 Å². The normalized spacial score (nSPS) is 16.5. The van der Waals surface area contributed by atoms with Gasteiger partial charge in [0.05, 0.1) is 12.3 Å². The standard InChI is InChI=1S/C18H18N2O2/c1-22-19-12-13-6-8-15(9-7-13)18(21)20-17-11-10-14-4-2-3-5-16(14)17/h2-9,12,17H,10-11H2,1H3,(H,20,21)/b19-12+. The molecule has 0 saturated heterocycles. The lowest BCUT2D eigenvalue weighted by Gasteiger charge is -2.14. The number of nitrogens with zero attached hydrogens (tertiary/aromatic N) is 1. The second-order valence-electron chi connectivity index (χ2n) is 5.30. The lowest BCUT2D eigenvalue weighted by molar-refractivity contribution is 0.0936. The molecule has 0 aromatic heterocycles. The van der Waals surface area contributed by atoms with Crippen LogP contribution in [0.2, 0.25) is 0 Å². The third-order valence-electron chi connectivity index (χ3n) is 3.92. The molecule has 1 aliphatic carbocycles. The minimum Gasteiger partial charge on any atom is -0.399 e. The van der Waals surface area contributed by atoms with Crippen LogP contribution in [0.1, 0.15) is 39.5 Å². The largest absolute Gasteiger partial charge is 0.399 e. The number of hydrogen-bond donors (Lipinski definition) is 1. The predicted molar refractivity (Wildman–Crippen MR) is 86.0 cm³/mol. The van der Waals surface area contributed by atoms with Crippen LogP contribution < -0.4 is 5.32 Å². The monoisotopic (exact) mass is 294 g/mol. The van der Waals surface area contributed by atoms with Gasteiger partial charge >= 0.3 is 0 Å². The molecule has 0 saturated carbocycles. The smallest absolute Gasteiger partial charge is 0.251 e. The fourth-order valence-electron chi connectivity index (χ4n) is 2.78. The maximum Gasteiger partial charge on any atom is 0.251 e. The van der Waals surface area contributed by atoms with E-state index in [9.17, 15) is 4.79 Å². The van der Waals surface area contributed by atoms with Crippen molar-refractivity contribution in [1.29, 1.82) is 0 Å². The number of rotatable bonds is 4. The highest BCUT2D eigenvalue weighted by Crippen LogP contribution is 2.30. The van der Waals surface area contributed by atoms with Crippen LogP contribution >= 0.6 is 0 Å². The SMILES string of the molecule is CO/N=C/c1ccc(C(=O)NC2CCc3ccccc32)cc1. The van der Waals surface area contributed by atoms with Gasteiger partial charge in [-0.05, 0) is 41.7 Å². The Bertz CT molecular complexity index is 692. The molecule has 4 heteroatoms. The summed E-state index contributed by atoms with van der Waals surface area (Å²) in [6, 6.07) is 15.7. The summed E-state index contributed by atoms with van der Waals surface area (Å²) in [4.78, 5) is 17.0. The van der Waals surface area contributed by atoms with Crippen molar-refractivity contribution in [3.8, 4) is 0 Å². The number of carbonyl (C=O) groups is 1. The van der Waals surface area contributed by atoms with Crippen molar-refractivity contribution in [2.75, 3.05) is 7.11 Å². The van der Waals surface area contributed by atoms with Gasteiger partial charge in [0, 0.05) is 5.56 Å². The van der Waals surface area contributed by atoms with Crippen LogP contribution in [0.15, 0.2) is 53.7 Å². The number of aryl methyl sites for hydroxylation is 1. The van der Waals surface area contributed by atoms with E-state index in [-0.39, 0.29) is 11.9 Å². The Balaban J connectivity index is 1.69. The molecule has 1 amide bonds. The van der Waals surface area contributed by atoms with E-state index in [2.05, 4.69) is 27.4 Å². The zero-order valence-corrected chi connectivity index (χ0v) is 12.5. The van der Waals surface area contributed by atoms with Gasteiger partial charge in [-0.2, -0.15) is 0 Å². The average molecular weight is 294 g/mol. The molecule has 1 unspecified atom stereocenters. The molecule has 0 radical (unpaired) electrons. The molecule has 1 aliphatic rings. The van der Waals surface area contributed by atoms with Crippen LogP contribution in [0.5, 0.6) is 0 Å². The summed E-state index contributed by atoms with van der Waals surface area (Å²) in [6.45, 7) is 0. The highest BCUT2D eigenvalue weighted by Gasteiger charge is 2.23. The molecule has 0 aliphatic heterocycles. The van der Waals surface area contributed by atoms with Gasteiger partial charge in [-0.15, -0.1) is 0 Å². The fourth-order valence-corrected chi connectivity index (χ4v) is 2.78. The van der Waals surface area contributed by atoms with Crippen LogP contribution in [0.25, 0.3) is 0 Å². The summed E-state index contributed by atoms with van der Waals surface area (Å²) < 4.78 is 0. The minimum atomic E-state index is -0.0445. The molecule has 3 rings (SSSR count). The van der Waals surface area contributed by atoms with Crippen molar-refractivity contribution in [3.63, 3.8) is 0 Å². The van der Waals surface area contributed by atoms with E-state index < -0.39 is 0 Å². The maximum absolute atomic E-state index is 12.4. The molecule has 0 bridgehead atoms. The molecule has 4 nitrogen and oxygen atoms in total. The Morgan fingerprint density at radius 1 is 1.23 bits per heavy atom.